The maximum absolute atomic E-state index is 14.0. The van der Waals surface area contributed by atoms with Crippen LogP contribution in [0.3, 0.4) is 0 Å². The summed E-state index contributed by atoms with van der Waals surface area (Å²) < 4.78 is 14.0. The van der Waals surface area contributed by atoms with Gasteiger partial charge in [0.2, 0.25) is 11.8 Å². The lowest BCUT2D eigenvalue weighted by molar-refractivity contribution is -0.138. The number of carbonyl (C=O) groups excluding carboxylic acids is 2. The molecular weight excluding hydrogens is 353 g/mol. The summed E-state index contributed by atoms with van der Waals surface area (Å²) >= 11 is 0. The maximum atomic E-state index is 14.0. The second-order valence-corrected chi connectivity index (χ2v) is 7.76. The molecule has 2 amide bonds. The second-order valence-electron chi connectivity index (χ2n) is 7.76. The molecule has 0 aromatic rings. The van der Waals surface area contributed by atoms with Gasteiger partial charge in [-0.25, -0.2) is 4.39 Å². The molecule has 3 aliphatic rings. The molecule has 8 heteroatoms. The number of hydrogen-bond acceptors (Lipinski definition) is 5. The van der Waals surface area contributed by atoms with E-state index in [1.807, 2.05) is 18.7 Å². The van der Waals surface area contributed by atoms with Gasteiger partial charge < -0.3 is 10.8 Å². The zero-order valence-corrected chi connectivity index (χ0v) is 15.9. The number of piperidine rings is 2. The summed E-state index contributed by atoms with van der Waals surface area (Å²) in [6, 6.07) is 0. The van der Waals surface area contributed by atoms with Gasteiger partial charge in [-0.3, -0.25) is 24.6 Å². The summed E-state index contributed by atoms with van der Waals surface area (Å²) in [5, 5.41) is 11.0. The van der Waals surface area contributed by atoms with E-state index in [1.54, 1.807) is 0 Å². The molecule has 0 unspecified atom stereocenters. The minimum atomic E-state index is -0.809. The monoisotopic (exact) mass is 381 g/mol. The first-order valence-electron chi connectivity index (χ1n) is 9.26. The van der Waals surface area contributed by atoms with Crippen molar-refractivity contribution in [2.24, 2.45) is 17.1 Å². The van der Waals surface area contributed by atoms with Crippen LogP contribution in [0.5, 0.6) is 0 Å². The summed E-state index contributed by atoms with van der Waals surface area (Å²) in [5.41, 5.74) is 6.84. The van der Waals surface area contributed by atoms with Gasteiger partial charge in [0.25, 0.3) is 0 Å². The van der Waals surface area contributed by atoms with Gasteiger partial charge in [-0.2, -0.15) is 0 Å². The number of allylic oxidation sites excluding steroid dienone is 3. The molecule has 0 atom stereocenters. The smallest absolute Gasteiger partial charge is 0.317 e. The number of imide groups is 1. The fourth-order valence-electron chi connectivity index (χ4n) is 3.82. The van der Waals surface area contributed by atoms with E-state index in [0.29, 0.717) is 38.0 Å². The van der Waals surface area contributed by atoms with Crippen molar-refractivity contribution in [2.75, 3.05) is 19.6 Å². The SMILES string of the molecule is CC1(C)C(N)=CC(F)=C1C1CCN(CC(=O)O)CC1.O=C1CCCC(=O)N1. The van der Waals surface area contributed by atoms with E-state index in [1.165, 1.54) is 6.08 Å². The van der Waals surface area contributed by atoms with Crippen molar-refractivity contribution >= 4 is 17.8 Å². The second kappa shape index (κ2) is 8.65. The van der Waals surface area contributed by atoms with Gasteiger partial charge in [0, 0.05) is 24.0 Å². The third kappa shape index (κ3) is 5.38. The molecule has 4 N–H and O–H groups in total. The van der Waals surface area contributed by atoms with E-state index >= 15 is 0 Å². The number of rotatable bonds is 3. The number of halogens is 1. The lowest BCUT2D eigenvalue weighted by Gasteiger charge is -2.36. The van der Waals surface area contributed by atoms with E-state index in [-0.39, 0.29) is 30.1 Å². The van der Waals surface area contributed by atoms with Gasteiger partial charge in [0.15, 0.2) is 0 Å². The Hall–Kier alpha value is -2.22. The predicted molar refractivity (Wildman–Crippen MR) is 98.0 cm³/mol. The largest absolute Gasteiger partial charge is 0.480 e. The molecule has 0 spiro atoms. The number of hydrogen-bond donors (Lipinski definition) is 3. The molecule has 0 saturated carbocycles. The molecule has 3 rings (SSSR count). The average Bonchev–Trinajstić information content (AvgIpc) is 2.76. The van der Waals surface area contributed by atoms with Crippen molar-refractivity contribution in [2.45, 2.75) is 46.0 Å². The van der Waals surface area contributed by atoms with Crippen molar-refractivity contribution in [1.82, 2.24) is 10.2 Å². The molecule has 2 heterocycles. The van der Waals surface area contributed by atoms with Crippen LogP contribution in [0.25, 0.3) is 0 Å². The number of nitrogens with two attached hydrogens (primary N) is 1. The molecule has 0 radical (unpaired) electrons. The molecule has 1 aliphatic carbocycles. The molecule has 0 aromatic carbocycles. The van der Waals surface area contributed by atoms with Crippen LogP contribution in [0.15, 0.2) is 23.2 Å². The number of nitrogens with one attached hydrogen (secondary N) is 1. The lowest BCUT2D eigenvalue weighted by Crippen LogP contribution is -2.39. The number of carboxylic acids is 1. The molecule has 2 aliphatic heterocycles. The molecule has 150 valence electrons. The van der Waals surface area contributed by atoms with Gasteiger partial charge in [-0.15, -0.1) is 0 Å². The third-order valence-electron chi connectivity index (χ3n) is 5.38. The van der Waals surface area contributed by atoms with Gasteiger partial charge in [-0.1, -0.05) is 13.8 Å². The standard InChI is InChI=1S/C14H21FN2O2.C5H7NO2/c1-14(2)11(16)7-10(15)13(14)9-3-5-17(6-4-9)8-12(18)19;7-4-2-1-3-5(8)6-4/h7,9H,3-6,8,16H2,1-2H3,(H,18,19);1-3H2,(H,6,7,8). The highest BCUT2D eigenvalue weighted by molar-refractivity contribution is 5.97. The van der Waals surface area contributed by atoms with Crippen molar-refractivity contribution in [1.29, 1.82) is 0 Å². The zero-order chi connectivity index (χ0) is 20.2. The minimum Gasteiger partial charge on any atom is -0.480 e. The minimum absolute atomic E-state index is 0.0675. The average molecular weight is 381 g/mol. The van der Waals surface area contributed by atoms with Crippen molar-refractivity contribution < 1.29 is 23.9 Å². The topological polar surface area (TPSA) is 113 Å². The molecule has 7 nitrogen and oxygen atoms in total. The predicted octanol–water partition coefficient (Wildman–Crippen LogP) is 1.70. The number of amides is 2. The van der Waals surface area contributed by atoms with Crippen LogP contribution in [0, 0.1) is 11.3 Å². The molecular formula is C19H28FN3O4. The van der Waals surface area contributed by atoms with Crippen LogP contribution in [-0.4, -0.2) is 47.4 Å². The van der Waals surface area contributed by atoms with Crippen LogP contribution in [0.1, 0.15) is 46.0 Å². The third-order valence-corrected chi connectivity index (χ3v) is 5.38. The molecule has 27 heavy (non-hydrogen) atoms. The Balaban J connectivity index is 0.000000273. The van der Waals surface area contributed by atoms with E-state index < -0.39 is 11.4 Å². The van der Waals surface area contributed by atoms with Gasteiger partial charge >= 0.3 is 5.97 Å². The maximum Gasteiger partial charge on any atom is 0.317 e. The highest BCUT2D eigenvalue weighted by Gasteiger charge is 2.39. The first-order valence-corrected chi connectivity index (χ1v) is 9.26. The summed E-state index contributed by atoms with van der Waals surface area (Å²) in [7, 11) is 0. The summed E-state index contributed by atoms with van der Waals surface area (Å²) in [5.74, 6) is -1.12. The lowest BCUT2D eigenvalue weighted by atomic mass is 9.74. The Morgan fingerprint density at radius 2 is 1.85 bits per heavy atom. The number of likely N-dealkylation sites (tertiary alicyclic amines) is 1. The fraction of sp³-hybridized carbons (Fsp3) is 0.632. The zero-order valence-electron chi connectivity index (χ0n) is 15.9. The first kappa shape index (κ1) is 21.1. The first-order chi connectivity index (χ1) is 12.6. The highest BCUT2D eigenvalue weighted by Crippen LogP contribution is 2.47. The normalized spacial score (nSPS) is 23.4. The Kier molecular flexibility index (Phi) is 6.75. The van der Waals surface area contributed by atoms with Crippen molar-refractivity contribution in [3.8, 4) is 0 Å². The Labute approximate surface area is 158 Å². The number of aliphatic carboxylic acids is 1. The number of nitrogens with zero attached hydrogens (tertiary/aromatic N) is 1. The van der Waals surface area contributed by atoms with Crippen molar-refractivity contribution in [3.63, 3.8) is 0 Å². The van der Waals surface area contributed by atoms with Crippen LogP contribution >= 0.6 is 0 Å². The highest BCUT2D eigenvalue weighted by atomic mass is 19.1. The van der Waals surface area contributed by atoms with Crippen molar-refractivity contribution in [3.05, 3.63) is 23.2 Å². The Morgan fingerprint density at radius 3 is 2.22 bits per heavy atom. The summed E-state index contributed by atoms with van der Waals surface area (Å²) in [6.45, 7) is 5.36. The van der Waals surface area contributed by atoms with E-state index in [0.717, 1.165) is 18.4 Å². The van der Waals surface area contributed by atoms with Gasteiger partial charge in [-0.05, 0) is 49.9 Å². The molecule has 2 saturated heterocycles. The summed E-state index contributed by atoms with van der Waals surface area (Å²) in [6.07, 6.45) is 4.74. The van der Waals surface area contributed by atoms with Crippen LogP contribution in [0.2, 0.25) is 0 Å². The summed E-state index contributed by atoms with van der Waals surface area (Å²) in [4.78, 5) is 33.2. The van der Waals surface area contributed by atoms with E-state index in [2.05, 4.69) is 5.32 Å². The van der Waals surface area contributed by atoms with Crippen LogP contribution in [0.4, 0.5) is 4.39 Å². The fourth-order valence-corrected chi connectivity index (χ4v) is 3.82. The quantitative estimate of drug-likeness (QED) is 0.642. The molecule has 0 bridgehead atoms. The van der Waals surface area contributed by atoms with E-state index in [4.69, 9.17) is 10.8 Å². The van der Waals surface area contributed by atoms with E-state index in [9.17, 15) is 18.8 Å². The van der Waals surface area contributed by atoms with Crippen LogP contribution in [-0.2, 0) is 14.4 Å². The van der Waals surface area contributed by atoms with Gasteiger partial charge in [0.05, 0.1) is 6.54 Å². The molecule has 2 fully saturated rings. The Morgan fingerprint density at radius 1 is 1.30 bits per heavy atom. The number of carboxylic acid groups (broad SMARTS) is 1. The molecule has 0 aromatic heterocycles. The van der Waals surface area contributed by atoms with Gasteiger partial charge in [0.1, 0.15) is 5.83 Å². The Bertz CT molecular complexity index is 662. The number of carbonyl (C=O) groups is 3. The van der Waals surface area contributed by atoms with Crippen LogP contribution < -0.4 is 11.1 Å².